The first-order valence-corrected chi connectivity index (χ1v) is 5.37. The number of hydrogen-bond donors (Lipinski definition) is 0. The van der Waals surface area contributed by atoms with Crippen LogP contribution in [0.4, 0.5) is 4.39 Å². The molecule has 2 rings (SSSR count). The summed E-state index contributed by atoms with van der Waals surface area (Å²) >= 11 is 5.88. The van der Waals surface area contributed by atoms with Gasteiger partial charge in [-0.3, -0.25) is 9.48 Å². The summed E-state index contributed by atoms with van der Waals surface area (Å²) in [4.78, 5) is 12.1. The number of halogens is 2. The number of rotatable bonds is 2. The maximum atomic E-state index is 13.1. The molecular formula is C12H10ClFN2O. The Morgan fingerprint density at radius 1 is 1.47 bits per heavy atom. The largest absolute Gasteiger partial charge is 0.287 e. The van der Waals surface area contributed by atoms with Gasteiger partial charge in [0.2, 0.25) is 5.78 Å². The van der Waals surface area contributed by atoms with Crippen LogP contribution in [-0.2, 0) is 7.05 Å². The maximum Gasteiger partial charge on any atom is 0.212 e. The molecule has 0 aliphatic heterocycles. The normalized spacial score (nSPS) is 10.6. The van der Waals surface area contributed by atoms with E-state index in [1.165, 1.54) is 29.1 Å². The third-order valence-electron chi connectivity index (χ3n) is 2.53. The molecule has 0 amide bonds. The van der Waals surface area contributed by atoms with Crippen molar-refractivity contribution < 1.29 is 9.18 Å². The minimum atomic E-state index is -0.336. The van der Waals surface area contributed by atoms with Crippen molar-refractivity contribution in [2.45, 2.75) is 6.92 Å². The van der Waals surface area contributed by atoms with Crippen molar-refractivity contribution in [3.8, 4) is 0 Å². The van der Waals surface area contributed by atoms with E-state index in [1.54, 1.807) is 14.0 Å². The molecule has 3 nitrogen and oxygen atoms in total. The van der Waals surface area contributed by atoms with Gasteiger partial charge in [0.15, 0.2) is 0 Å². The van der Waals surface area contributed by atoms with Gasteiger partial charge in [-0.25, -0.2) is 4.39 Å². The zero-order valence-corrected chi connectivity index (χ0v) is 10.1. The highest BCUT2D eigenvalue weighted by molar-refractivity contribution is 6.34. The van der Waals surface area contributed by atoms with Gasteiger partial charge in [0.05, 0.1) is 11.2 Å². The third-order valence-corrected chi connectivity index (χ3v) is 2.81. The van der Waals surface area contributed by atoms with E-state index in [9.17, 15) is 9.18 Å². The Kier molecular flexibility index (Phi) is 2.98. The standard InChI is InChI=1S/C12H10ClFN2O/c1-7-5-8(3-4-10(7)14)12(17)11-9(13)6-15-16(11)2/h3-6H,1-2H3. The fourth-order valence-corrected chi connectivity index (χ4v) is 1.84. The molecule has 0 aliphatic rings. The molecule has 0 unspecified atom stereocenters. The number of nitrogens with zero attached hydrogens (tertiary/aromatic N) is 2. The van der Waals surface area contributed by atoms with Crippen molar-refractivity contribution in [3.63, 3.8) is 0 Å². The molecule has 0 radical (unpaired) electrons. The van der Waals surface area contributed by atoms with Gasteiger partial charge in [0.25, 0.3) is 0 Å². The van der Waals surface area contributed by atoms with Gasteiger partial charge in [-0.15, -0.1) is 0 Å². The molecule has 0 fully saturated rings. The van der Waals surface area contributed by atoms with Gasteiger partial charge in [-0.2, -0.15) is 5.10 Å². The molecule has 5 heteroatoms. The van der Waals surface area contributed by atoms with E-state index < -0.39 is 0 Å². The minimum absolute atomic E-state index is 0.266. The number of carbonyl (C=O) groups is 1. The Morgan fingerprint density at radius 3 is 2.71 bits per heavy atom. The molecule has 0 aliphatic carbocycles. The lowest BCUT2D eigenvalue weighted by molar-refractivity contribution is 0.103. The predicted octanol–water partition coefficient (Wildman–Crippen LogP) is 2.75. The maximum absolute atomic E-state index is 13.1. The average Bonchev–Trinajstić information content (AvgIpc) is 2.62. The van der Waals surface area contributed by atoms with Crippen LogP contribution in [0.3, 0.4) is 0 Å². The molecule has 1 aromatic heterocycles. The Morgan fingerprint density at radius 2 is 2.18 bits per heavy atom. The highest BCUT2D eigenvalue weighted by Gasteiger charge is 2.18. The van der Waals surface area contributed by atoms with Gasteiger partial charge < -0.3 is 0 Å². The molecule has 2 aromatic rings. The monoisotopic (exact) mass is 252 g/mol. The fourth-order valence-electron chi connectivity index (χ4n) is 1.59. The van der Waals surface area contributed by atoms with Crippen molar-refractivity contribution in [2.24, 2.45) is 7.05 Å². The zero-order valence-electron chi connectivity index (χ0n) is 9.37. The van der Waals surface area contributed by atoms with Gasteiger partial charge in [-0.05, 0) is 30.7 Å². The number of aromatic nitrogens is 2. The molecule has 0 atom stereocenters. The Bertz CT molecular complexity index is 573. The lowest BCUT2D eigenvalue weighted by Gasteiger charge is -2.04. The number of benzene rings is 1. The second-order valence-corrected chi connectivity index (χ2v) is 4.17. The van der Waals surface area contributed by atoms with Crippen LogP contribution >= 0.6 is 11.6 Å². The Balaban J connectivity index is 2.48. The van der Waals surface area contributed by atoms with Gasteiger partial charge in [0.1, 0.15) is 11.5 Å². The quantitative estimate of drug-likeness (QED) is 0.771. The summed E-state index contributed by atoms with van der Waals surface area (Å²) in [6, 6.07) is 4.21. The number of aryl methyl sites for hydroxylation is 2. The number of ketones is 1. The van der Waals surface area contributed by atoms with Crippen molar-refractivity contribution in [1.29, 1.82) is 0 Å². The van der Waals surface area contributed by atoms with Crippen LogP contribution in [0.25, 0.3) is 0 Å². The molecule has 88 valence electrons. The van der Waals surface area contributed by atoms with E-state index in [0.717, 1.165) is 0 Å². The Labute approximate surface area is 103 Å². The van der Waals surface area contributed by atoms with Crippen LogP contribution in [0.2, 0.25) is 5.02 Å². The van der Waals surface area contributed by atoms with Gasteiger partial charge in [-0.1, -0.05) is 11.6 Å². The van der Waals surface area contributed by atoms with E-state index in [2.05, 4.69) is 5.10 Å². The van der Waals surface area contributed by atoms with Gasteiger partial charge in [0, 0.05) is 12.6 Å². The first-order valence-electron chi connectivity index (χ1n) is 4.99. The lowest BCUT2D eigenvalue weighted by atomic mass is 10.1. The second kappa shape index (κ2) is 4.30. The summed E-state index contributed by atoms with van der Waals surface area (Å²) in [5.41, 5.74) is 1.13. The molecule has 17 heavy (non-hydrogen) atoms. The van der Waals surface area contributed by atoms with Crippen LogP contribution in [0.1, 0.15) is 21.6 Å². The predicted molar refractivity (Wildman–Crippen MR) is 62.8 cm³/mol. The van der Waals surface area contributed by atoms with E-state index in [0.29, 0.717) is 21.8 Å². The lowest BCUT2D eigenvalue weighted by Crippen LogP contribution is -2.09. The van der Waals surface area contributed by atoms with Crippen LogP contribution in [0, 0.1) is 12.7 Å². The smallest absolute Gasteiger partial charge is 0.212 e. The first-order chi connectivity index (χ1) is 8.00. The summed E-state index contributed by atoms with van der Waals surface area (Å²) in [7, 11) is 1.63. The summed E-state index contributed by atoms with van der Waals surface area (Å²) in [6.45, 7) is 1.61. The summed E-state index contributed by atoms with van der Waals surface area (Å²) in [6.07, 6.45) is 1.41. The Hall–Kier alpha value is -1.68. The molecule has 1 heterocycles. The van der Waals surface area contributed by atoms with Crippen molar-refractivity contribution in [3.05, 3.63) is 52.1 Å². The van der Waals surface area contributed by atoms with Gasteiger partial charge >= 0.3 is 0 Å². The molecule has 0 bridgehead atoms. The highest BCUT2D eigenvalue weighted by atomic mass is 35.5. The molecule has 0 spiro atoms. The first kappa shape index (κ1) is 11.8. The highest BCUT2D eigenvalue weighted by Crippen LogP contribution is 2.19. The van der Waals surface area contributed by atoms with Crippen LogP contribution in [0.5, 0.6) is 0 Å². The topological polar surface area (TPSA) is 34.9 Å². The molecule has 0 N–H and O–H groups in total. The van der Waals surface area contributed by atoms with Crippen LogP contribution in [0.15, 0.2) is 24.4 Å². The summed E-state index contributed by atoms with van der Waals surface area (Å²) < 4.78 is 14.5. The SMILES string of the molecule is Cc1cc(C(=O)c2c(Cl)cnn2C)ccc1F. The zero-order chi connectivity index (χ0) is 12.6. The molecular weight excluding hydrogens is 243 g/mol. The van der Waals surface area contributed by atoms with E-state index in [1.807, 2.05) is 0 Å². The number of hydrogen-bond acceptors (Lipinski definition) is 2. The minimum Gasteiger partial charge on any atom is -0.287 e. The fraction of sp³-hybridized carbons (Fsp3) is 0.167. The van der Waals surface area contributed by atoms with E-state index in [4.69, 9.17) is 11.6 Å². The summed E-state index contributed by atoms with van der Waals surface area (Å²) in [5, 5.41) is 4.18. The van der Waals surface area contributed by atoms with Crippen molar-refractivity contribution in [1.82, 2.24) is 9.78 Å². The molecule has 0 saturated carbocycles. The third kappa shape index (κ3) is 2.08. The molecule has 0 saturated heterocycles. The van der Waals surface area contributed by atoms with E-state index >= 15 is 0 Å². The van der Waals surface area contributed by atoms with Crippen LogP contribution < -0.4 is 0 Å². The van der Waals surface area contributed by atoms with Crippen molar-refractivity contribution >= 4 is 17.4 Å². The molecule has 1 aromatic carbocycles. The number of carbonyl (C=O) groups excluding carboxylic acids is 1. The van der Waals surface area contributed by atoms with Crippen LogP contribution in [-0.4, -0.2) is 15.6 Å². The average molecular weight is 253 g/mol. The summed E-state index contributed by atoms with van der Waals surface area (Å²) in [5.74, 6) is -0.601. The van der Waals surface area contributed by atoms with Crippen molar-refractivity contribution in [2.75, 3.05) is 0 Å². The second-order valence-electron chi connectivity index (χ2n) is 3.76. The van der Waals surface area contributed by atoms with E-state index in [-0.39, 0.29) is 11.6 Å².